The summed E-state index contributed by atoms with van der Waals surface area (Å²) in [6, 6.07) is 10.2. The first-order valence-electron chi connectivity index (χ1n) is 8.89. The van der Waals surface area contributed by atoms with Crippen LogP contribution in [0.25, 0.3) is 16.2 Å². The molecule has 6 nitrogen and oxygen atoms in total. The molecule has 1 aromatic carbocycles. The lowest BCUT2D eigenvalue weighted by Gasteiger charge is -2.35. The van der Waals surface area contributed by atoms with Gasteiger partial charge in [-0.1, -0.05) is 22.9 Å². The summed E-state index contributed by atoms with van der Waals surface area (Å²) in [5, 5.41) is 6.16. The molecule has 0 amide bonds. The number of hydrogen-bond donors (Lipinski definition) is 0. The fourth-order valence-electron chi connectivity index (χ4n) is 3.32. The van der Waals surface area contributed by atoms with Crippen molar-refractivity contribution in [1.29, 1.82) is 0 Å². The highest BCUT2D eigenvalue weighted by molar-refractivity contribution is 7.20. The standard InChI is InChI=1S/C19H16ClFN6S/c20-17-11-15(5-6-22-17)25-7-9-26(10-8-25)19-24-27-12-16(23-18(27)28-19)13-1-3-14(21)4-2-13/h1-6,11-12H,7-10H2. The second-order valence-corrected chi connectivity index (χ2v) is 7.88. The van der Waals surface area contributed by atoms with Gasteiger partial charge in [0.05, 0.1) is 11.9 Å². The Morgan fingerprint density at radius 1 is 1.00 bits per heavy atom. The Labute approximate surface area is 169 Å². The Morgan fingerprint density at radius 2 is 1.75 bits per heavy atom. The van der Waals surface area contributed by atoms with E-state index < -0.39 is 0 Å². The third-order valence-electron chi connectivity index (χ3n) is 4.80. The number of fused-ring (bicyclic) bond motifs is 1. The van der Waals surface area contributed by atoms with Gasteiger partial charge < -0.3 is 9.80 Å². The summed E-state index contributed by atoms with van der Waals surface area (Å²) in [7, 11) is 0. The molecule has 4 aromatic rings. The third-order valence-corrected chi connectivity index (χ3v) is 5.99. The molecular formula is C19H16ClFN6S. The summed E-state index contributed by atoms with van der Waals surface area (Å²) in [5.74, 6) is -0.252. The van der Waals surface area contributed by atoms with Gasteiger partial charge in [-0.05, 0) is 36.4 Å². The smallest absolute Gasteiger partial charge is 0.214 e. The molecular weight excluding hydrogens is 399 g/mol. The van der Waals surface area contributed by atoms with Crippen molar-refractivity contribution in [3.63, 3.8) is 0 Å². The van der Waals surface area contributed by atoms with Crippen LogP contribution in [0.3, 0.4) is 0 Å². The van der Waals surface area contributed by atoms with Gasteiger partial charge in [-0.15, -0.1) is 5.10 Å². The predicted molar refractivity (Wildman–Crippen MR) is 110 cm³/mol. The number of imidazole rings is 1. The van der Waals surface area contributed by atoms with E-state index in [1.807, 2.05) is 18.3 Å². The summed E-state index contributed by atoms with van der Waals surface area (Å²) < 4.78 is 14.9. The first-order valence-corrected chi connectivity index (χ1v) is 10.1. The molecule has 0 bridgehead atoms. The minimum atomic E-state index is -0.252. The second kappa shape index (κ2) is 7.03. The van der Waals surface area contributed by atoms with Gasteiger partial charge in [0.2, 0.25) is 10.1 Å². The van der Waals surface area contributed by atoms with Crippen LogP contribution in [0.5, 0.6) is 0 Å². The van der Waals surface area contributed by atoms with Crippen molar-refractivity contribution in [2.75, 3.05) is 36.0 Å². The molecule has 9 heteroatoms. The molecule has 1 aliphatic rings. The van der Waals surface area contributed by atoms with Crippen LogP contribution in [0.2, 0.25) is 5.15 Å². The quantitative estimate of drug-likeness (QED) is 0.475. The summed E-state index contributed by atoms with van der Waals surface area (Å²) >= 11 is 7.57. The second-order valence-electron chi connectivity index (χ2n) is 6.56. The summed E-state index contributed by atoms with van der Waals surface area (Å²) in [6.07, 6.45) is 3.62. The molecule has 0 aliphatic carbocycles. The Hall–Kier alpha value is -2.71. The zero-order valence-corrected chi connectivity index (χ0v) is 16.4. The average molecular weight is 415 g/mol. The lowest BCUT2D eigenvalue weighted by atomic mass is 10.2. The van der Waals surface area contributed by atoms with E-state index in [2.05, 4.69) is 24.9 Å². The van der Waals surface area contributed by atoms with Crippen LogP contribution in [0, 0.1) is 5.82 Å². The first-order chi connectivity index (χ1) is 13.7. The van der Waals surface area contributed by atoms with Gasteiger partial charge in [-0.3, -0.25) is 0 Å². The summed E-state index contributed by atoms with van der Waals surface area (Å²) in [5.41, 5.74) is 2.77. The van der Waals surface area contributed by atoms with E-state index >= 15 is 0 Å². The van der Waals surface area contributed by atoms with Gasteiger partial charge in [-0.2, -0.15) is 0 Å². The Morgan fingerprint density at radius 3 is 2.46 bits per heavy atom. The fraction of sp³-hybridized carbons (Fsp3) is 0.211. The van der Waals surface area contributed by atoms with E-state index in [1.54, 1.807) is 34.2 Å². The molecule has 28 heavy (non-hydrogen) atoms. The lowest BCUT2D eigenvalue weighted by Crippen LogP contribution is -2.46. The monoisotopic (exact) mass is 414 g/mol. The third kappa shape index (κ3) is 3.29. The van der Waals surface area contributed by atoms with Crippen molar-refractivity contribution >= 4 is 38.7 Å². The van der Waals surface area contributed by atoms with Crippen LogP contribution >= 0.6 is 22.9 Å². The lowest BCUT2D eigenvalue weighted by molar-refractivity contribution is 0.628. The van der Waals surface area contributed by atoms with Gasteiger partial charge in [0.1, 0.15) is 11.0 Å². The molecule has 5 rings (SSSR count). The number of nitrogens with zero attached hydrogens (tertiary/aromatic N) is 6. The zero-order valence-electron chi connectivity index (χ0n) is 14.8. The van der Waals surface area contributed by atoms with Crippen molar-refractivity contribution in [1.82, 2.24) is 19.6 Å². The molecule has 1 fully saturated rings. The Balaban J connectivity index is 1.31. The van der Waals surface area contributed by atoms with Gasteiger partial charge in [0, 0.05) is 43.6 Å². The van der Waals surface area contributed by atoms with Crippen molar-refractivity contribution in [3.8, 4) is 11.3 Å². The molecule has 0 unspecified atom stereocenters. The Bertz CT molecular complexity index is 1090. The normalized spacial score (nSPS) is 14.8. The minimum Gasteiger partial charge on any atom is -0.368 e. The maximum Gasteiger partial charge on any atom is 0.214 e. The maximum absolute atomic E-state index is 13.1. The van der Waals surface area contributed by atoms with Crippen LogP contribution < -0.4 is 9.80 Å². The highest BCUT2D eigenvalue weighted by atomic mass is 35.5. The number of anilines is 2. The molecule has 1 aliphatic heterocycles. The molecule has 0 radical (unpaired) electrons. The van der Waals surface area contributed by atoms with Crippen LogP contribution in [0.1, 0.15) is 0 Å². The molecule has 3 aromatic heterocycles. The zero-order chi connectivity index (χ0) is 19.1. The van der Waals surface area contributed by atoms with Gasteiger partial charge in [-0.25, -0.2) is 18.9 Å². The fourth-order valence-corrected chi connectivity index (χ4v) is 4.42. The number of halogens is 2. The molecule has 4 heterocycles. The van der Waals surface area contributed by atoms with Gasteiger partial charge >= 0.3 is 0 Å². The molecule has 142 valence electrons. The molecule has 1 saturated heterocycles. The summed E-state index contributed by atoms with van der Waals surface area (Å²) in [4.78, 5) is 14.1. The van der Waals surface area contributed by atoms with Crippen LogP contribution in [0.4, 0.5) is 15.2 Å². The number of hydrogen-bond acceptors (Lipinski definition) is 6. The number of pyridine rings is 1. The van der Waals surface area contributed by atoms with E-state index in [-0.39, 0.29) is 5.82 Å². The maximum atomic E-state index is 13.1. The largest absolute Gasteiger partial charge is 0.368 e. The Kier molecular flexibility index (Phi) is 4.37. The van der Waals surface area contributed by atoms with Gasteiger partial charge in [0.15, 0.2) is 0 Å². The van der Waals surface area contributed by atoms with E-state index in [9.17, 15) is 4.39 Å². The number of aromatic nitrogens is 4. The van der Waals surface area contributed by atoms with Crippen molar-refractivity contribution in [2.45, 2.75) is 0 Å². The number of piperazine rings is 1. The van der Waals surface area contributed by atoms with E-state index in [0.717, 1.165) is 53.2 Å². The number of benzene rings is 1. The highest BCUT2D eigenvalue weighted by Crippen LogP contribution is 2.28. The van der Waals surface area contributed by atoms with E-state index in [1.165, 1.54) is 12.1 Å². The predicted octanol–water partition coefficient (Wildman–Crippen LogP) is 3.97. The van der Waals surface area contributed by atoms with Crippen LogP contribution in [0.15, 0.2) is 48.8 Å². The number of rotatable bonds is 3. The molecule has 0 spiro atoms. The van der Waals surface area contributed by atoms with Gasteiger partial charge in [0.25, 0.3) is 0 Å². The first kappa shape index (κ1) is 17.4. The van der Waals surface area contributed by atoms with Crippen LogP contribution in [-0.2, 0) is 0 Å². The van der Waals surface area contributed by atoms with Crippen molar-refractivity contribution in [3.05, 3.63) is 59.8 Å². The van der Waals surface area contributed by atoms with Crippen LogP contribution in [-0.4, -0.2) is 45.8 Å². The summed E-state index contributed by atoms with van der Waals surface area (Å²) in [6.45, 7) is 3.54. The molecule has 0 N–H and O–H groups in total. The minimum absolute atomic E-state index is 0.252. The topological polar surface area (TPSA) is 49.6 Å². The van der Waals surface area contributed by atoms with Crippen molar-refractivity contribution in [2.24, 2.45) is 0 Å². The van der Waals surface area contributed by atoms with E-state index in [4.69, 9.17) is 11.6 Å². The van der Waals surface area contributed by atoms with E-state index in [0.29, 0.717) is 5.15 Å². The SMILES string of the molecule is Fc1ccc(-c2cn3nc(N4CCN(c5ccnc(Cl)c5)CC4)sc3n2)cc1. The molecule has 0 atom stereocenters. The van der Waals surface area contributed by atoms with Crippen molar-refractivity contribution < 1.29 is 4.39 Å². The average Bonchev–Trinajstić information content (AvgIpc) is 3.28. The highest BCUT2D eigenvalue weighted by Gasteiger charge is 2.21. The molecule has 0 saturated carbocycles.